The second-order valence-electron chi connectivity index (χ2n) is 3.49. The highest BCUT2D eigenvalue weighted by Gasteiger charge is 2.49. The van der Waals surface area contributed by atoms with Crippen molar-refractivity contribution in [3.05, 3.63) is 0 Å². The molecule has 2 rings (SSSR count). The van der Waals surface area contributed by atoms with Gasteiger partial charge in [0.05, 0.1) is 0 Å². The molecule has 2 heterocycles. The SMILES string of the molecule is CC1(C)OC2C[S+]([O-])CC2O1. The zero-order chi connectivity index (χ0) is 8.06. The van der Waals surface area contributed by atoms with E-state index in [1.54, 1.807) is 0 Å². The van der Waals surface area contributed by atoms with Gasteiger partial charge in [-0.25, -0.2) is 0 Å². The van der Waals surface area contributed by atoms with E-state index in [2.05, 4.69) is 0 Å². The summed E-state index contributed by atoms with van der Waals surface area (Å²) in [7, 11) is 0. The minimum Gasteiger partial charge on any atom is -0.616 e. The van der Waals surface area contributed by atoms with Gasteiger partial charge in [0.25, 0.3) is 0 Å². The second kappa shape index (κ2) is 2.36. The van der Waals surface area contributed by atoms with Gasteiger partial charge >= 0.3 is 0 Å². The molecule has 2 aliphatic rings. The summed E-state index contributed by atoms with van der Waals surface area (Å²) in [5.74, 6) is 0.835. The minimum absolute atomic E-state index is 0.0748. The summed E-state index contributed by atoms with van der Waals surface area (Å²) in [5, 5.41) is 0. The summed E-state index contributed by atoms with van der Waals surface area (Å²) in [4.78, 5) is 0. The van der Waals surface area contributed by atoms with Crippen LogP contribution in [0.2, 0.25) is 0 Å². The minimum atomic E-state index is -0.715. The van der Waals surface area contributed by atoms with Gasteiger partial charge in [-0.05, 0) is 25.0 Å². The van der Waals surface area contributed by atoms with E-state index in [-0.39, 0.29) is 12.2 Å². The number of ether oxygens (including phenoxy) is 2. The molecule has 0 bridgehead atoms. The maximum atomic E-state index is 11.0. The average Bonchev–Trinajstić information content (AvgIpc) is 2.17. The number of fused-ring (bicyclic) bond motifs is 1. The van der Waals surface area contributed by atoms with Crippen molar-refractivity contribution in [1.82, 2.24) is 0 Å². The van der Waals surface area contributed by atoms with Crippen LogP contribution in [-0.4, -0.2) is 34.1 Å². The van der Waals surface area contributed by atoms with E-state index in [4.69, 9.17) is 9.47 Å². The van der Waals surface area contributed by atoms with Crippen LogP contribution in [0.1, 0.15) is 13.8 Å². The Morgan fingerprint density at radius 2 is 1.73 bits per heavy atom. The Morgan fingerprint density at radius 3 is 2.18 bits per heavy atom. The molecule has 0 aromatic rings. The van der Waals surface area contributed by atoms with Crippen LogP contribution in [0.25, 0.3) is 0 Å². The summed E-state index contributed by atoms with van der Waals surface area (Å²) in [6.07, 6.45) is 0.150. The van der Waals surface area contributed by atoms with Crippen LogP contribution < -0.4 is 0 Å². The molecule has 11 heavy (non-hydrogen) atoms. The van der Waals surface area contributed by atoms with Crippen molar-refractivity contribution in [2.75, 3.05) is 11.5 Å². The third-order valence-electron chi connectivity index (χ3n) is 1.99. The molecule has 0 spiro atoms. The lowest BCUT2D eigenvalue weighted by molar-refractivity contribution is -0.143. The average molecular weight is 176 g/mol. The largest absolute Gasteiger partial charge is 0.616 e. The van der Waals surface area contributed by atoms with E-state index in [0.717, 1.165) is 0 Å². The highest BCUT2D eigenvalue weighted by molar-refractivity contribution is 7.91. The normalized spacial score (nSPS) is 47.7. The summed E-state index contributed by atoms with van der Waals surface area (Å²) in [6, 6.07) is 0. The maximum absolute atomic E-state index is 11.0. The van der Waals surface area contributed by atoms with Crippen molar-refractivity contribution < 1.29 is 14.0 Å². The van der Waals surface area contributed by atoms with Crippen LogP contribution in [-0.2, 0) is 20.6 Å². The Balaban J connectivity index is 2.04. The lowest BCUT2D eigenvalue weighted by Gasteiger charge is -2.18. The van der Waals surface area contributed by atoms with Crippen molar-refractivity contribution in [2.24, 2.45) is 0 Å². The van der Waals surface area contributed by atoms with Crippen LogP contribution >= 0.6 is 0 Å². The highest BCUT2D eigenvalue weighted by Crippen LogP contribution is 2.33. The first-order valence-electron chi connectivity index (χ1n) is 3.77. The van der Waals surface area contributed by atoms with Gasteiger partial charge in [-0.1, -0.05) is 0 Å². The molecule has 64 valence electrons. The van der Waals surface area contributed by atoms with E-state index < -0.39 is 17.0 Å². The zero-order valence-corrected chi connectivity index (χ0v) is 7.52. The molecule has 2 atom stereocenters. The van der Waals surface area contributed by atoms with E-state index in [0.29, 0.717) is 11.5 Å². The first kappa shape index (κ1) is 7.86. The fourth-order valence-corrected chi connectivity index (χ4v) is 3.06. The van der Waals surface area contributed by atoms with Gasteiger partial charge < -0.3 is 14.0 Å². The number of rotatable bonds is 0. The van der Waals surface area contributed by atoms with Crippen molar-refractivity contribution in [3.8, 4) is 0 Å². The van der Waals surface area contributed by atoms with Crippen LogP contribution in [0.5, 0.6) is 0 Å². The lowest BCUT2D eigenvalue weighted by atomic mass is 10.3. The Morgan fingerprint density at radius 1 is 1.27 bits per heavy atom. The van der Waals surface area contributed by atoms with Crippen molar-refractivity contribution in [1.29, 1.82) is 0 Å². The zero-order valence-electron chi connectivity index (χ0n) is 6.70. The number of hydrogen-bond donors (Lipinski definition) is 0. The van der Waals surface area contributed by atoms with Gasteiger partial charge in [0.1, 0.15) is 23.7 Å². The van der Waals surface area contributed by atoms with E-state index in [1.807, 2.05) is 13.8 Å². The standard InChI is InChI=1S/C7H12O3S/c1-7(2)9-5-3-11(8)4-6(5)10-7/h5-6H,3-4H2,1-2H3. The molecule has 0 aliphatic carbocycles. The molecule has 0 amide bonds. The smallest absolute Gasteiger partial charge is 0.164 e. The van der Waals surface area contributed by atoms with Crippen LogP contribution in [0.4, 0.5) is 0 Å². The lowest BCUT2D eigenvalue weighted by Crippen LogP contribution is -2.25. The van der Waals surface area contributed by atoms with Crippen LogP contribution in [0.15, 0.2) is 0 Å². The molecule has 4 heteroatoms. The third kappa shape index (κ3) is 1.40. The van der Waals surface area contributed by atoms with Crippen LogP contribution in [0, 0.1) is 0 Å². The topological polar surface area (TPSA) is 41.5 Å². The van der Waals surface area contributed by atoms with Crippen molar-refractivity contribution >= 4 is 11.2 Å². The highest BCUT2D eigenvalue weighted by atomic mass is 32.2. The first-order chi connectivity index (χ1) is 5.07. The monoisotopic (exact) mass is 176 g/mol. The second-order valence-corrected chi connectivity index (χ2v) is 5.03. The van der Waals surface area contributed by atoms with Gasteiger partial charge in [-0.2, -0.15) is 0 Å². The number of hydrogen-bond acceptors (Lipinski definition) is 3. The van der Waals surface area contributed by atoms with Gasteiger partial charge in [0.15, 0.2) is 5.79 Å². The molecule has 0 aromatic heterocycles. The molecular formula is C7H12O3S. The molecule has 2 aliphatic heterocycles. The van der Waals surface area contributed by atoms with Gasteiger partial charge in [0.2, 0.25) is 0 Å². The summed E-state index contributed by atoms with van der Waals surface area (Å²) in [6.45, 7) is 3.79. The Labute approximate surface area is 69.2 Å². The van der Waals surface area contributed by atoms with Gasteiger partial charge in [-0.3, -0.25) is 0 Å². The predicted octanol–water partition coefficient (Wildman–Crippen LogP) is 0.269. The summed E-state index contributed by atoms with van der Waals surface area (Å²) in [5.41, 5.74) is 0. The van der Waals surface area contributed by atoms with E-state index in [1.165, 1.54) is 0 Å². The van der Waals surface area contributed by atoms with Gasteiger partial charge in [-0.15, -0.1) is 0 Å². The quantitative estimate of drug-likeness (QED) is 0.497. The fourth-order valence-electron chi connectivity index (χ4n) is 1.63. The van der Waals surface area contributed by atoms with Crippen molar-refractivity contribution in [3.63, 3.8) is 0 Å². The Bertz CT molecular complexity index is 155. The Hall–Kier alpha value is 0.230. The van der Waals surface area contributed by atoms with Crippen molar-refractivity contribution in [2.45, 2.75) is 31.8 Å². The molecule has 0 saturated carbocycles. The fraction of sp³-hybridized carbons (Fsp3) is 1.00. The predicted molar refractivity (Wildman–Crippen MR) is 41.7 cm³/mol. The molecule has 2 saturated heterocycles. The molecule has 2 fully saturated rings. The molecule has 0 aromatic carbocycles. The molecule has 3 nitrogen and oxygen atoms in total. The molecule has 2 unspecified atom stereocenters. The van der Waals surface area contributed by atoms with E-state index >= 15 is 0 Å². The van der Waals surface area contributed by atoms with Gasteiger partial charge in [0, 0.05) is 0 Å². The van der Waals surface area contributed by atoms with E-state index in [9.17, 15) is 4.55 Å². The molecule has 0 N–H and O–H groups in total. The summed E-state index contributed by atoms with van der Waals surface area (Å²) < 4.78 is 22.1. The summed E-state index contributed by atoms with van der Waals surface area (Å²) >= 11 is -0.715. The molecule has 0 radical (unpaired) electrons. The molecular weight excluding hydrogens is 164 g/mol. The Kier molecular flexibility index (Phi) is 1.68. The third-order valence-corrected chi connectivity index (χ3v) is 3.39. The maximum Gasteiger partial charge on any atom is 0.164 e. The van der Waals surface area contributed by atoms with Crippen LogP contribution in [0.3, 0.4) is 0 Å². The first-order valence-corrected chi connectivity index (χ1v) is 5.26.